The van der Waals surface area contributed by atoms with Crippen LogP contribution in [0.15, 0.2) is 164 Å². The van der Waals surface area contributed by atoms with Gasteiger partial charge in [0.25, 0.3) is 0 Å². The molecule has 64 heavy (non-hydrogen) atoms. The molecule has 0 N–H and O–H groups in total. The number of hydrogen-bond acceptors (Lipinski definition) is 3. The Morgan fingerprint density at radius 3 is 1.28 bits per heavy atom. The monoisotopic (exact) mass is 847 g/mol. The van der Waals surface area contributed by atoms with Crippen molar-refractivity contribution in [3.05, 3.63) is 192 Å². The normalized spacial score (nSPS) is 11.9. The molecule has 0 saturated heterocycles. The quantitative estimate of drug-likeness (QED) is 0.162. The van der Waals surface area contributed by atoms with E-state index in [1.807, 2.05) is 72.8 Å². The standard InChI is InChI=1S/C53H27F6N5/c54-52(55,56)38-17-18-41(44(27-38)53(57,58)59)51-49(63-45-13-3-1-11-39(45)42-25-36(15-19-47(42)63)34-9-5-7-31(21-34)28-60)23-33(30-62)24-50(51)64-46-14-4-2-12-40(46)43-26-37(16-20-48(43)64)35-10-6-8-32(22-35)29-61/h1-27H. The average Bonchev–Trinajstić information content (AvgIpc) is 3.82. The molecule has 0 amide bonds. The summed E-state index contributed by atoms with van der Waals surface area (Å²) in [5.41, 5.74) is 2.98. The molecule has 0 spiro atoms. The van der Waals surface area contributed by atoms with Crippen molar-refractivity contribution in [2.24, 2.45) is 0 Å². The number of nitrogens with zero attached hydrogens (tertiary/aromatic N) is 5. The molecule has 8 aromatic carbocycles. The largest absolute Gasteiger partial charge is 0.417 e. The number of rotatable bonds is 5. The summed E-state index contributed by atoms with van der Waals surface area (Å²) >= 11 is 0. The summed E-state index contributed by atoms with van der Waals surface area (Å²) in [6.07, 6.45) is -10.3. The van der Waals surface area contributed by atoms with Crippen LogP contribution in [0.5, 0.6) is 0 Å². The van der Waals surface area contributed by atoms with Crippen LogP contribution in [0, 0.1) is 34.0 Å². The highest BCUT2D eigenvalue weighted by molar-refractivity contribution is 6.13. The van der Waals surface area contributed by atoms with Gasteiger partial charge >= 0.3 is 12.4 Å². The summed E-state index contributed by atoms with van der Waals surface area (Å²) in [4.78, 5) is 0. The highest BCUT2D eigenvalue weighted by Gasteiger charge is 2.40. The van der Waals surface area contributed by atoms with Gasteiger partial charge in [0, 0.05) is 27.1 Å². The highest BCUT2D eigenvalue weighted by atomic mass is 19.4. The summed E-state index contributed by atoms with van der Waals surface area (Å²) in [6, 6.07) is 51.0. The van der Waals surface area contributed by atoms with Crippen LogP contribution in [0.3, 0.4) is 0 Å². The van der Waals surface area contributed by atoms with Gasteiger partial charge in [-0.05, 0) is 113 Å². The first kappa shape index (κ1) is 39.5. The van der Waals surface area contributed by atoms with E-state index in [0.717, 1.165) is 39.1 Å². The third-order valence-corrected chi connectivity index (χ3v) is 11.6. The molecule has 2 heterocycles. The molecule has 306 valence electrons. The van der Waals surface area contributed by atoms with Crippen LogP contribution >= 0.6 is 0 Å². The minimum absolute atomic E-state index is 0.0676. The zero-order valence-electron chi connectivity index (χ0n) is 33.1. The van der Waals surface area contributed by atoms with E-state index in [4.69, 9.17) is 0 Å². The summed E-state index contributed by atoms with van der Waals surface area (Å²) in [5.74, 6) is 0. The third kappa shape index (κ3) is 6.48. The zero-order chi connectivity index (χ0) is 44.5. The van der Waals surface area contributed by atoms with Crippen molar-refractivity contribution in [2.75, 3.05) is 0 Å². The fraction of sp³-hybridized carbons (Fsp3) is 0.0377. The van der Waals surface area contributed by atoms with Crippen molar-refractivity contribution < 1.29 is 26.3 Å². The minimum atomic E-state index is -5.25. The summed E-state index contributed by atoms with van der Waals surface area (Å²) in [5, 5.41) is 32.8. The predicted octanol–water partition coefficient (Wildman–Crippen LogP) is 14.5. The second-order valence-electron chi connectivity index (χ2n) is 15.3. The molecule has 0 unspecified atom stereocenters. The lowest BCUT2D eigenvalue weighted by Crippen LogP contribution is -2.14. The SMILES string of the molecule is N#Cc1cccc(-c2ccc3c(c2)c2ccccc2n3-c2cc(C#N)cc(-n3c4ccccc4c4cc(-c5cccc(C#N)c5)ccc43)c2-c2ccc(C(F)(F)F)cc2C(F)(F)F)c1. The van der Waals surface area contributed by atoms with Gasteiger partial charge in [-0.1, -0.05) is 78.9 Å². The van der Waals surface area contributed by atoms with Gasteiger partial charge in [0.05, 0.1) is 79.5 Å². The average molecular weight is 848 g/mol. The first-order chi connectivity index (χ1) is 30.9. The van der Waals surface area contributed by atoms with Crippen molar-refractivity contribution in [3.63, 3.8) is 0 Å². The van der Waals surface area contributed by atoms with E-state index in [1.165, 1.54) is 12.1 Å². The van der Waals surface area contributed by atoms with Crippen LogP contribution in [-0.2, 0) is 12.4 Å². The zero-order valence-corrected chi connectivity index (χ0v) is 33.1. The number of aromatic nitrogens is 2. The lowest BCUT2D eigenvalue weighted by atomic mass is 9.92. The van der Waals surface area contributed by atoms with E-state index in [0.29, 0.717) is 50.0 Å². The van der Waals surface area contributed by atoms with Gasteiger partial charge in [-0.2, -0.15) is 42.1 Å². The fourth-order valence-corrected chi connectivity index (χ4v) is 8.84. The maximum absolute atomic E-state index is 15.5. The highest BCUT2D eigenvalue weighted by Crippen LogP contribution is 2.48. The molecule has 0 atom stereocenters. The van der Waals surface area contributed by atoms with E-state index in [9.17, 15) is 29.0 Å². The molecule has 0 radical (unpaired) electrons. The van der Waals surface area contributed by atoms with Crippen LogP contribution in [0.1, 0.15) is 27.8 Å². The maximum Gasteiger partial charge on any atom is 0.417 e. The Morgan fingerprint density at radius 2 is 0.828 bits per heavy atom. The van der Waals surface area contributed by atoms with E-state index in [1.54, 1.807) is 69.8 Å². The van der Waals surface area contributed by atoms with Crippen molar-refractivity contribution in [2.45, 2.75) is 12.4 Å². The lowest BCUT2D eigenvalue weighted by Gasteiger charge is -2.24. The van der Waals surface area contributed by atoms with Gasteiger partial charge in [0.1, 0.15) is 0 Å². The molecule has 5 nitrogen and oxygen atoms in total. The van der Waals surface area contributed by atoms with Crippen LogP contribution < -0.4 is 0 Å². The molecule has 0 saturated carbocycles. The number of alkyl halides is 6. The van der Waals surface area contributed by atoms with Gasteiger partial charge in [-0.25, -0.2) is 0 Å². The molecular weight excluding hydrogens is 821 g/mol. The molecular formula is C53H27F6N5. The number of fused-ring (bicyclic) bond motifs is 6. The maximum atomic E-state index is 15.5. The number of nitriles is 3. The van der Waals surface area contributed by atoms with Gasteiger partial charge in [0.2, 0.25) is 0 Å². The van der Waals surface area contributed by atoms with Crippen molar-refractivity contribution >= 4 is 43.6 Å². The first-order valence-corrected chi connectivity index (χ1v) is 19.8. The Balaban J connectivity index is 1.35. The Bertz CT molecular complexity index is 3500. The summed E-state index contributed by atoms with van der Waals surface area (Å²) < 4.78 is 92.6. The van der Waals surface area contributed by atoms with E-state index >= 15 is 13.2 Å². The van der Waals surface area contributed by atoms with Gasteiger partial charge in [-0.15, -0.1) is 0 Å². The lowest BCUT2D eigenvalue weighted by molar-refractivity contribution is -0.142. The molecule has 0 bridgehead atoms. The number of halogens is 6. The number of para-hydroxylation sites is 2. The van der Waals surface area contributed by atoms with Crippen molar-refractivity contribution in [1.29, 1.82) is 15.8 Å². The molecule has 0 aliphatic carbocycles. The number of benzene rings is 8. The van der Waals surface area contributed by atoms with E-state index in [2.05, 4.69) is 18.2 Å². The number of hydrogen-bond donors (Lipinski definition) is 0. The fourth-order valence-electron chi connectivity index (χ4n) is 8.84. The van der Waals surface area contributed by atoms with Crippen LogP contribution in [0.2, 0.25) is 0 Å². The summed E-state index contributed by atoms with van der Waals surface area (Å²) in [6.45, 7) is 0. The summed E-state index contributed by atoms with van der Waals surface area (Å²) in [7, 11) is 0. The smallest absolute Gasteiger partial charge is 0.308 e. The second-order valence-corrected chi connectivity index (χ2v) is 15.3. The van der Waals surface area contributed by atoms with E-state index in [-0.39, 0.29) is 28.6 Å². The van der Waals surface area contributed by atoms with Gasteiger partial charge in [0.15, 0.2) is 0 Å². The Hall–Kier alpha value is -8.59. The van der Waals surface area contributed by atoms with Gasteiger partial charge in [-0.3, -0.25) is 0 Å². The van der Waals surface area contributed by atoms with Crippen LogP contribution in [-0.4, -0.2) is 9.13 Å². The predicted molar refractivity (Wildman–Crippen MR) is 236 cm³/mol. The third-order valence-electron chi connectivity index (χ3n) is 11.6. The Morgan fingerprint density at radius 1 is 0.375 bits per heavy atom. The molecule has 11 heteroatoms. The molecule has 10 aromatic rings. The first-order valence-electron chi connectivity index (χ1n) is 19.8. The van der Waals surface area contributed by atoms with E-state index < -0.39 is 29.0 Å². The van der Waals surface area contributed by atoms with Gasteiger partial charge < -0.3 is 9.13 Å². The van der Waals surface area contributed by atoms with Crippen LogP contribution in [0.25, 0.3) is 88.4 Å². The van der Waals surface area contributed by atoms with Crippen molar-refractivity contribution in [1.82, 2.24) is 9.13 Å². The molecule has 2 aromatic heterocycles. The molecule has 0 aliphatic rings. The van der Waals surface area contributed by atoms with Crippen LogP contribution in [0.4, 0.5) is 26.3 Å². The Labute approximate surface area is 360 Å². The second kappa shape index (κ2) is 14.8. The minimum Gasteiger partial charge on any atom is -0.308 e. The molecule has 0 aliphatic heterocycles. The van der Waals surface area contributed by atoms with Crippen molar-refractivity contribution in [3.8, 4) is 63.0 Å². The molecule has 0 fully saturated rings. The topological polar surface area (TPSA) is 81.2 Å². The Kier molecular flexibility index (Phi) is 9.14. The molecule has 10 rings (SSSR count).